The van der Waals surface area contributed by atoms with Crippen LogP contribution in [0, 0.1) is 0 Å². The molecular formula is C15H21N3O. The Balaban J connectivity index is 1.66. The molecule has 0 bridgehead atoms. The van der Waals surface area contributed by atoms with E-state index < -0.39 is 0 Å². The van der Waals surface area contributed by atoms with Crippen molar-refractivity contribution in [2.24, 2.45) is 5.73 Å². The molecule has 1 amide bonds. The van der Waals surface area contributed by atoms with Gasteiger partial charge in [0.1, 0.15) is 0 Å². The van der Waals surface area contributed by atoms with Crippen molar-refractivity contribution >= 4 is 11.6 Å². The molecule has 0 aliphatic carbocycles. The molecule has 1 aromatic rings. The highest BCUT2D eigenvalue weighted by Crippen LogP contribution is 2.29. The van der Waals surface area contributed by atoms with Gasteiger partial charge >= 0.3 is 0 Å². The topological polar surface area (TPSA) is 58.4 Å². The predicted molar refractivity (Wildman–Crippen MR) is 76.2 cm³/mol. The molecule has 3 rings (SSSR count). The van der Waals surface area contributed by atoms with Crippen LogP contribution >= 0.6 is 0 Å². The van der Waals surface area contributed by atoms with Gasteiger partial charge in [-0.1, -0.05) is 6.42 Å². The van der Waals surface area contributed by atoms with Crippen LogP contribution in [0.15, 0.2) is 24.3 Å². The zero-order valence-corrected chi connectivity index (χ0v) is 11.1. The van der Waals surface area contributed by atoms with Gasteiger partial charge in [0.25, 0.3) is 0 Å². The maximum atomic E-state index is 11.0. The summed E-state index contributed by atoms with van der Waals surface area (Å²) in [6, 6.07) is 8.71. The Morgan fingerprint density at radius 2 is 1.95 bits per heavy atom. The number of rotatable bonds is 3. The molecule has 2 atom stereocenters. The molecule has 0 aromatic heterocycles. The second kappa shape index (κ2) is 5.21. The third kappa shape index (κ3) is 2.59. The van der Waals surface area contributed by atoms with Crippen LogP contribution in [-0.2, 0) is 0 Å². The summed E-state index contributed by atoms with van der Waals surface area (Å²) in [7, 11) is 0. The number of carbonyl (C=O) groups excluding carboxylic acids is 1. The second-order valence-corrected chi connectivity index (χ2v) is 5.58. The SMILES string of the molecule is NC(=O)c1ccc(NC2CCN3CCCCC23)cc1. The average Bonchev–Trinajstić information content (AvgIpc) is 2.83. The lowest BCUT2D eigenvalue weighted by Gasteiger charge is -2.33. The van der Waals surface area contributed by atoms with E-state index in [9.17, 15) is 4.79 Å². The molecular weight excluding hydrogens is 238 g/mol. The lowest BCUT2D eigenvalue weighted by atomic mass is 9.99. The summed E-state index contributed by atoms with van der Waals surface area (Å²) in [4.78, 5) is 13.6. The minimum atomic E-state index is -0.370. The van der Waals surface area contributed by atoms with Crippen molar-refractivity contribution < 1.29 is 4.79 Å². The van der Waals surface area contributed by atoms with Crippen LogP contribution in [0.5, 0.6) is 0 Å². The van der Waals surface area contributed by atoms with Crippen molar-refractivity contribution in [3.63, 3.8) is 0 Å². The standard InChI is InChI=1S/C15H21N3O/c16-15(19)11-4-6-12(7-5-11)17-13-8-10-18-9-2-1-3-14(13)18/h4-7,13-14,17H,1-3,8-10H2,(H2,16,19). The van der Waals surface area contributed by atoms with Gasteiger partial charge in [-0.3, -0.25) is 9.69 Å². The van der Waals surface area contributed by atoms with Gasteiger partial charge in [0, 0.05) is 29.9 Å². The van der Waals surface area contributed by atoms with Crippen LogP contribution in [0.1, 0.15) is 36.0 Å². The van der Waals surface area contributed by atoms with Crippen molar-refractivity contribution in [3.05, 3.63) is 29.8 Å². The van der Waals surface area contributed by atoms with Crippen molar-refractivity contribution in [2.75, 3.05) is 18.4 Å². The van der Waals surface area contributed by atoms with Crippen LogP contribution in [-0.4, -0.2) is 36.0 Å². The quantitative estimate of drug-likeness (QED) is 0.870. The van der Waals surface area contributed by atoms with Gasteiger partial charge in [0.15, 0.2) is 0 Å². The lowest BCUT2D eigenvalue weighted by Crippen LogP contribution is -2.41. The molecule has 2 aliphatic rings. The molecule has 0 saturated carbocycles. The number of nitrogens with one attached hydrogen (secondary N) is 1. The number of hydrogen-bond acceptors (Lipinski definition) is 3. The van der Waals surface area contributed by atoms with Crippen molar-refractivity contribution in [3.8, 4) is 0 Å². The van der Waals surface area contributed by atoms with Crippen LogP contribution in [0.25, 0.3) is 0 Å². The number of hydrogen-bond donors (Lipinski definition) is 2. The highest BCUT2D eigenvalue weighted by atomic mass is 16.1. The third-order valence-electron chi connectivity index (χ3n) is 4.38. The summed E-state index contributed by atoms with van der Waals surface area (Å²) >= 11 is 0. The molecule has 2 saturated heterocycles. The first-order valence-electron chi connectivity index (χ1n) is 7.14. The number of piperidine rings is 1. The van der Waals surface area contributed by atoms with Gasteiger partial charge in [0.05, 0.1) is 0 Å². The van der Waals surface area contributed by atoms with Crippen LogP contribution in [0.4, 0.5) is 5.69 Å². The van der Waals surface area contributed by atoms with E-state index in [1.54, 1.807) is 12.1 Å². The van der Waals surface area contributed by atoms with Crippen molar-refractivity contribution in [1.29, 1.82) is 0 Å². The zero-order valence-electron chi connectivity index (χ0n) is 11.1. The second-order valence-electron chi connectivity index (χ2n) is 5.58. The Labute approximate surface area is 114 Å². The van der Waals surface area contributed by atoms with E-state index in [4.69, 9.17) is 5.73 Å². The number of benzene rings is 1. The van der Waals surface area contributed by atoms with Crippen molar-refractivity contribution in [1.82, 2.24) is 4.90 Å². The van der Waals surface area contributed by atoms with Gasteiger partial charge in [0.2, 0.25) is 5.91 Å². The number of nitrogens with zero attached hydrogens (tertiary/aromatic N) is 1. The summed E-state index contributed by atoms with van der Waals surface area (Å²) < 4.78 is 0. The summed E-state index contributed by atoms with van der Waals surface area (Å²) in [6.45, 7) is 2.46. The highest BCUT2D eigenvalue weighted by Gasteiger charge is 2.35. The Kier molecular flexibility index (Phi) is 3.42. The van der Waals surface area contributed by atoms with Gasteiger partial charge in [-0.25, -0.2) is 0 Å². The van der Waals surface area contributed by atoms with Gasteiger partial charge in [-0.15, -0.1) is 0 Å². The minimum Gasteiger partial charge on any atom is -0.381 e. The first-order valence-corrected chi connectivity index (χ1v) is 7.14. The lowest BCUT2D eigenvalue weighted by molar-refractivity contribution is 0.100. The zero-order chi connectivity index (χ0) is 13.2. The summed E-state index contributed by atoms with van der Waals surface area (Å²) in [6.07, 6.45) is 5.20. The predicted octanol–water partition coefficient (Wildman–Crippen LogP) is 1.82. The number of anilines is 1. The molecule has 4 heteroatoms. The first kappa shape index (κ1) is 12.5. The molecule has 1 aromatic carbocycles. The molecule has 2 aliphatic heterocycles. The van der Waals surface area contributed by atoms with E-state index in [0.29, 0.717) is 17.6 Å². The van der Waals surface area contributed by atoms with E-state index in [1.165, 1.54) is 38.8 Å². The molecule has 102 valence electrons. The molecule has 4 nitrogen and oxygen atoms in total. The number of fused-ring (bicyclic) bond motifs is 1. The van der Waals surface area contributed by atoms with E-state index in [2.05, 4.69) is 10.2 Å². The maximum absolute atomic E-state index is 11.0. The Morgan fingerprint density at radius 1 is 1.16 bits per heavy atom. The van der Waals surface area contributed by atoms with Gasteiger partial charge < -0.3 is 11.1 Å². The normalized spacial score (nSPS) is 26.9. The number of primary amides is 1. The molecule has 19 heavy (non-hydrogen) atoms. The maximum Gasteiger partial charge on any atom is 0.248 e. The van der Waals surface area contributed by atoms with E-state index >= 15 is 0 Å². The fourth-order valence-corrected chi connectivity index (χ4v) is 3.36. The van der Waals surface area contributed by atoms with E-state index in [1.807, 2.05) is 12.1 Å². The molecule has 2 fully saturated rings. The number of carbonyl (C=O) groups is 1. The minimum absolute atomic E-state index is 0.370. The molecule has 0 spiro atoms. The smallest absolute Gasteiger partial charge is 0.248 e. The van der Waals surface area contributed by atoms with Crippen LogP contribution < -0.4 is 11.1 Å². The Hall–Kier alpha value is -1.55. The van der Waals surface area contributed by atoms with Crippen molar-refractivity contribution in [2.45, 2.75) is 37.8 Å². The third-order valence-corrected chi connectivity index (χ3v) is 4.38. The number of amides is 1. The van der Waals surface area contributed by atoms with Crippen LogP contribution in [0.2, 0.25) is 0 Å². The summed E-state index contributed by atoms with van der Waals surface area (Å²) in [5.41, 5.74) is 6.90. The van der Waals surface area contributed by atoms with E-state index in [-0.39, 0.29) is 5.91 Å². The largest absolute Gasteiger partial charge is 0.381 e. The average molecular weight is 259 g/mol. The summed E-state index contributed by atoms with van der Waals surface area (Å²) in [5.74, 6) is -0.370. The molecule has 2 unspecified atom stereocenters. The fourth-order valence-electron chi connectivity index (χ4n) is 3.36. The number of nitrogens with two attached hydrogens (primary N) is 1. The fraction of sp³-hybridized carbons (Fsp3) is 0.533. The molecule has 2 heterocycles. The Morgan fingerprint density at radius 3 is 2.68 bits per heavy atom. The molecule has 3 N–H and O–H groups in total. The highest BCUT2D eigenvalue weighted by molar-refractivity contribution is 5.93. The summed E-state index contributed by atoms with van der Waals surface area (Å²) in [5, 5.41) is 3.61. The van der Waals surface area contributed by atoms with E-state index in [0.717, 1.165) is 5.69 Å². The van der Waals surface area contributed by atoms with Gasteiger partial charge in [-0.2, -0.15) is 0 Å². The molecule has 0 radical (unpaired) electrons. The van der Waals surface area contributed by atoms with Gasteiger partial charge in [-0.05, 0) is 50.1 Å². The monoisotopic (exact) mass is 259 g/mol. The van der Waals surface area contributed by atoms with Crippen LogP contribution in [0.3, 0.4) is 0 Å². The first-order chi connectivity index (χ1) is 9.24. The Bertz CT molecular complexity index is 457.